The van der Waals surface area contributed by atoms with E-state index in [0.29, 0.717) is 23.7 Å². The lowest BCUT2D eigenvalue weighted by molar-refractivity contribution is -0.145. The number of thioether (sulfide) groups is 1. The van der Waals surface area contributed by atoms with Crippen LogP contribution in [0.5, 0.6) is 11.5 Å². The summed E-state index contributed by atoms with van der Waals surface area (Å²) in [6, 6.07) is 18.0. The molecule has 0 amide bonds. The van der Waals surface area contributed by atoms with Gasteiger partial charge in [0.05, 0.1) is 6.61 Å². The zero-order valence-corrected chi connectivity index (χ0v) is 17.3. The lowest BCUT2D eigenvalue weighted by atomic mass is 10.1. The van der Waals surface area contributed by atoms with Crippen LogP contribution in [0.15, 0.2) is 74.8 Å². The molecular formula is C23H22O6S. The van der Waals surface area contributed by atoms with Gasteiger partial charge in [0.2, 0.25) is 0 Å². The molecule has 0 spiro atoms. The molecule has 0 atom stereocenters. The van der Waals surface area contributed by atoms with E-state index in [9.17, 15) is 14.7 Å². The SMILES string of the molecule is CCOC(=O)COc1ccc(-c2cc(O)c(SCCc3ccccc3)c(=O)o2)cc1. The van der Waals surface area contributed by atoms with Crippen molar-refractivity contribution >= 4 is 17.7 Å². The minimum atomic E-state index is -0.578. The second-order valence-electron chi connectivity index (χ2n) is 6.31. The van der Waals surface area contributed by atoms with Gasteiger partial charge in [-0.15, -0.1) is 11.8 Å². The molecule has 0 saturated carbocycles. The second-order valence-corrected chi connectivity index (χ2v) is 7.42. The third-order valence-corrected chi connectivity index (χ3v) is 5.24. The highest BCUT2D eigenvalue weighted by Gasteiger charge is 2.13. The van der Waals surface area contributed by atoms with Crippen molar-refractivity contribution in [2.75, 3.05) is 19.0 Å². The van der Waals surface area contributed by atoms with Gasteiger partial charge < -0.3 is 19.0 Å². The van der Waals surface area contributed by atoms with Crippen molar-refractivity contribution in [2.45, 2.75) is 18.2 Å². The lowest BCUT2D eigenvalue weighted by Gasteiger charge is -2.08. The molecule has 1 heterocycles. The largest absolute Gasteiger partial charge is 0.506 e. The van der Waals surface area contributed by atoms with Gasteiger partial charge in [-0.25, -0.2) is 9.59 Å². The number of carbonyl (C=O) groups is 1. The average molecular weight is 426 g/mol. The van der Waals surface area contributed by atoms with Gasteiger partial charge in [0, 0.05) is 17.4 Å². The molecule has 0 unspecified atom stereocenters. The Morgan fingerprint density at radius 1 is 1.10 bits per heavy atom. The van der Waals surface area contributed by atoms with Crippen molar-refractivity contribution in [3.8, 4) is 22.8 Å². The first-order chi connectivity index (χ1) is 14.6. The molecule has 0 fully saturated rings. The summed E-state index contributed by atoms with van der Waals surface area (Å²) in [6.45, 7) is 1.84. The predicted molar refractivity (Wildman–Crippen MR) is 115 cm³/mol. The number of esters is 1. The smallest absolute Gasteiger partial charge is 0.353 e. The van der Waals surface area contributed by atoms with E-state index in [2.05, 4.69) is 0 Å². The minimum absolute atomic E-state index is 0.109. The van der Waals surface area contributed by atoms with Crippen LogP contribution in [0.1, 0.15) is 12.5 Å². The van der Waals surface area contributed by atoms with Crippen molar-refractivity contribution in [2.24, 2.45) is 0 Å². The Kier molecular flexibility index (Phi) is 7.57. The number of benzene rings is 2. The van der Waals surface area contributed by atoms with Crippen molar-refractivity contribution in [1.29, 1.82) is 0 Å². The van der Waals surface area contributed by atoms with Crippen molar-refractivity contribution < 1.29 is 23.8 Å². The predicted octanol–water partition coefficient (Wildman–Crippen LogP) is 4.29. The van der Waals surface area contributed by atoms with E-state index in [0.717, 1.165) is 12.0 Å². The van der Waals surface area contributed by atoms with E-state index in [1.54, 1.807) is 31.2 Å². The van der Waals surface area contributed by atoms with Crippen molar-refractivity contribution in [3.63, 3.8) is 0 Å². The quantitative estimate of drug-likeness (QED) is 0.403. The summed E-state index contributed by atoms with van der Waals surface area (Å²) in [5.41, 5.74) is 1.19. The first-order valence-electron chi connectivity index (χ1n) is 9.49. The highest BCUT2D eigenvalue weighted by molar-refractivity contribution is 7.99. The molecule has 6 nitrogen and oxygen atoms in total. The highest BCUT2D eigenvalue weighted by Crippen LogP contribution is 2.30. The van der Waals surface area contributed by atoms with Crippen LogP contribution in [0.4, 0.5) is 0 Å². The number of carbonyl (C=O) groups excluding carboxylic acids is 1. The Morgan fingerprint density at radius 2 is 1.83 bits per heavy atom. The van der Waals surface area contributed by atoms with Gasteiger partial charge in [-0.05, 0) is 43.2 Å². The molecule has 0 aliphatic heterocycles. The molecule has 0 aliphatic carbocycles. The maximum absolute atomic E-state index is 12.4. The van der Waals surface area contributed by atoms with Crippen LogP contribution in [0.3, 0.4) is 0 Å². The second kappa shape index (κ2) is 10.5. The molecular weight excluding hydrogens is 404 g/mol. The van der Waals surface area contributed by atoms with Gasteiger partial charge in [0.15, 0.2) is 6.61 Å². The van der Waals surface area contributed by atoms with Crippen LogP contribution >= 0.6 is 11.8 Å². The average Bonchev–Trinajstić information content (AvgIpc) is 2.75. The van der Waals surface area contributed by atoms with E-state index in [1.165, 1.54) is 17.8 Å². The number of ether oxygens (including phenoxy) is 2. The van der Waals surface area contributed by atoms with Gasteiger partial charge in [-0.2, -0.15) is 0 Å². The van der Waals surface area contributed by atoms with E-state index in [-0.39, 0.29) is 23.0 Å². The summed E-state index contributed by atoms with van der Waals surface area (Å²) >= 11 is 1.27. The number of hydrogen-bond donors (Lipinski definition) is 1. The zero-order chi connectivity index (χ0) is 21.3. The summed E-state index contributed by atoms with van der Waals surface area (Å²) in [7, 11) is 0. The molecule has 0 saturated heterocycles. The standard InChI is InChI=1S/C23H22O6S/c1-2-27-21(25)15-28-18-10-8-17(9-11-18)20-14-19(24)22(23(26)29-20)30-13-12-16-6-4-3-5-7-16/h3-11,14,24H,2,12-13,15H2,1H3. The van der Waals surface area contributed by atoms with Gasteiger partial charge in [0.25, 0.3) is 0 Å². The van der Waals surface area contributed by atoms with Crippen LogP contribution in [0, 0.1) is 0 Å². The Balaban J connectivity index is 1.64. The summed E-state index contributed by atoms with van der Waals surface area (Å²) in [4.78, 5) is 23.9. The molecule has 3 rings (SSSR count). The summed E-state index contributed by atoms with van der Waals surface area (Å²) < 4.78 is 15.5. The summed E-state index contributed by atoms with van der Waals surface area (Å²) in [6.07, 6.45) is 0.777. The molecule has 156 valence electrons. The number of rotatable bonds is 9. The van der Waals surface area contributed by atoms with Gasteiger partial charge >= 0.3 is 11.6 Å². The van der Waals surface area contributed by atoms with E-state index >= 15 is 0 Å². The van der Waals surface area contributed by atoms with E-state index in [4.69, 9.17) is 13.9 Å². The molecule has 1 aromatic heterocycles. The number of aryl methyl sites for hydroxylation is 1. The van der Waals surface area contributed by atoms with Crippen LogP contribution < -0.4 is 10.4 Å². The molecule has 30 heavy (non-hydrogen) atoms. The maximum atomic E-state index is 12.4. The van der Waals surface area contributed by atoms with E-state index in [1.807, 2.05) is 30.3 Å². The Morgan fingerprint density at radius 3 is 2.50 bits per heavy atom. The normalized spacial score (nSPS) is 10.6. The topological polar surface area (TPSA) is 86.0 Å². The van der Waals surface area contributed by atoms with Crippen LogP contribution in [-0.2, 0) is 16.0 Å². The summed E-state index contributed by atoms with van der Waals surface area (Å²) in [5.74, 6) is 0.821. The molecule has 1 N–H and O–H groups in total. The minimum Gasteiger partial charge on any atom is -0.506 e. The van der Waals surface area contributed by atoms with Crippen LogP contribution in [0.2, 0.25) is 0 Å². The molecule has 0 bridgehead atoms. The monoisotopic (exact) mass is 426 g/mol. The first-order valence-corrected chi connectivity index (χ1v) is 10.5. The fourth-order valence-corrected chi connectivity index (χ4v) is 3.63. The molecule has 0 radical (unpaired) electrons. The van der Waals surface area contributed by atoms with Gasteiger partial charge in [0.1, 0.15) is 22.2 Å². The van der Waals surface area contributed by atoms with Gasteiger partial charge in [-0.1, -0.05) is 30.3 Å². The fourth-order valence-electron chi connectivity index (χ4n) is 2.72. The Labute approximate surface area is 178 Å². The van der Waals surface area contributed by atoms with Gasteiger partial charge in [-0.3, -0.25) is 0 Å². The lowest BCUT2D eigenvalue weighted by Crippen LogP contribution is -2.14. The fraction of sp³-hybridized carbons (Fsp3) is 0.217. The third kappa shape index (κ3) is 5.90. The molecule has 0 aliphatic rings. The van der Waals surface area contributed by atoms with Crippen LogP contribution in [-0.4, -0.2) is 30.0 Å². The molecule has 2 aromatic carbocycles. The first kappa shape index (κ1) is 21.5. The molecule has 7 heteroatoms. The number of hydrogen-bond acceptors (Lipinski definition) is 7. The Hall–Kier alpha value is -3.19. The zero-order valence-electron chi connectivity index (χ0n) is 16.5. The summed E-state index contributed by atoms with van der Waals surface area (Å²) in [5, 5.41) is 10.3. The third-order valence-electron chi connectivity index (χ3n) is 4.17. The van der Waals surface area contributed by atoms with Crippen molar-refractivity contribution in [3.05, 3.63) is 76.6 Å². The van der Waals surface area contributed by atoms with E-state index < -0.39 is 11.6 Å². The number of aromatic hydroxyl groups is 1. The Bertz CT molecular complexity index is 1030. The van der Waals surface area contributed by atoms with Crippen LogP contribution in [0.25, 0.3) is 11.3 Å². The maximum Gasteiger partial charge on any atom is 0.353 e. The highest BCUT2D eigenvalue weighted by atomic mass is 32.2. The molecule has 3 aromatic rings. The van der Waals surface area contributed by atoms with Crippen molar-refractivity contribution in [1.82, 2.24) is 0 Å².